The largest absolute Gasteiger partial charge is 0.481 e. The molecule has 0 heterocycles. The monoisotopic (exact) mass is 324 g/mol. The number of benzene rings is 2. The van der Waals surface area contributed by atoms with E-state index >= 15 is 0 Å². The molecule has 0 aliphatic heterocycles. The molecule has 1 atom stereocenters. The summed E-state index contributed by atoms with van der Waals surface area (Å²) in [5.41, 5.74) is 0.935. The second kappa shape index (κ2) is 8.34. The first kappa shape index (κ1) is 17.0. The van der Waals surface area contributed by atoms with E-state index in [0.717, 1.165) is 0 Å². The lowest BCUT2D eigenvalue weighted by Crippen LogP contribution is -2.31. The molecule has 0 radical (unpaired) electrons. The van der Waals surface area contributed by atoms with E-state index in [1.807, 2.05) is 12.1 Å². The van der Waals surface area contributed by atoms with Crippen molar-refractivity contribution in [3.63, 3.8) is 0 Å². The Bertz CT molecular complexity index is 753. The number of esters is 1. The molecule has 2 rings (SSSR count). The zero-order chi connectivity index (χ0) is 17.4. The molecule has 2 aromatic carbocycles. The summed E-state index contributed by atoms with van der Waals surface area (Å²) in [6.45, 7) is 1.08. The number of rotatable bonds is 6. The summed E-state index contributed by atoms with van der Waals surface area (Å²) >= 11 is 0. The van der Waals surface area contributed by atoms with E-state index in [-0.39, 0.29) is 6.61 Å². The van der Waals surface area contributed by atoms with Crippen molar-refractivity contribution in [2.24, 2.45) is 0 Å². The zero-order valence-corrected chi connectivity index (χ0v) is 13.1. The molecule has 6 heteroatoms. The molecule has 0 aliphatic carbocycles. The molecule has 2 aromatic rings. The Kier molecular flexibility index (Phi) is 5.92. The summed E-state index contributed by atoms with van der Waals surface area (Å²) < 4.78 is 10.3. The first-order valence-corrected chi connectivity index (χ1v) is 7.27. The van der Waals surface area contributed by atoms with Crippen LogP contribution in [0, 0.1) is 11.3 Å². The van der Waals surface area contributed by atoms with Crippen LogP contribution in [0.25, 0.3) is 0 Å². The Morgan fingerprint density at radius 3 is 2.50 bits per heavy atom. The average Bonchev–Trinajstić information content (AvgIpc) is 2.61. The number of ether oxygens (including phenoxy) is 2. The lowest BCUT2D eigenvalue weighted by atomic mass is 10.2. The van der Waals surface area contributed by atoms with Crippen LogP contribution in [0.1, 0.15) is 12.5 Å². The fraction of sp³-hybridized carbons (Fsp3) is 0.167. The zero-order valence-electron chi connectivity index (χ0n) is 13.1. The van der Waals surface area contributed by atoms with E-state index in [9.17, 15) is 9.59 Å². The summed E-state index contributed by atoms with van der Waals surface area (Å²) in [5, 5.41) is 11.6. The van der Waals surface area contributed by atoms with Gasteiger partial charge in [-0.25, -0.2) is 4.79 Å². The van der Waals surface area contributed by atoms with Gasteiger partial charge >= 0.3 is 5.97 Å². The predicted octanol–water partition coefficient (Wildman–Crippen LogP) is 2.51. The Hall–Kier alpha value is -3.33. The van der Waals surface area contributed by atoms with Crippen molar-refractivity contribution in [2.45, 2.75) is 13.0 Å². The molecule has 1 amide bonds. The van der Waals surface area contributed by atoms with E-state index in [4.69, 9.17) is 14.7 Å². The smallest absolute Gasteiger partial charge is 0.344 e. The molecule has 0 spiro atoms. The molecule has 6 nitrogen and oxygen atoms in total. The molecule has 0 aliphatic rings. The minimum Gasteiger partial charge on any atom is -0.481 e. The molecular weight excluding hydrogens is 308 g/mol. The second-order valence-electron chi connectivity index (χ2n) is 4.88. The van der Waals surface area contributed by atoms with Crippen molar-refractivity contribution in [1.29, 1.82) is 5.26 Å². The Balaban J connectivity index is 1.83. The van der Waals surface area contributed by atoms with Gasteiger partial charge in [0.15, 0.2) is 12.7 Å². The van der Waals surface area contributed by atoms with Gasteiger partial charge in [0.25, 0.3) is 5.91 Å². The molecule has 0 bridgehead atoms. The summed E-state index contributed by atoms with van der Waals surface area (Å²) in [4.78, 5) is 23.7. The van der Waals surface area contributed by atoms with E-state index in [2.05, 4.69) is 5.32 Å². The van der Waals surface area contributed by atoms with Crippen LogP contribution in [-0.4, -0.2) is 24.6 Å². The normalized spacial score (nSPS) is 11.0. The van der Waals surface area contributed by atoms with Gasteiger partial charge in [0, 0.05) is 5.69 Å². The summed E-state index contributed by atoms with van der Waals surface area (Å²) in [7, 11) is 0. The Morgan fingerprint density at radius 1 is 1.12 bits per heavy atom. The van der Waals surface area contributed by atoms with E-state index in [1.165, 1.54) is 6.92 Å². The highest BCUT2D eigenvalue weighted by Crippen LogP contribution is 2.16. The summed E-state index contributed by atoms with van der Waals surface area (Å²) in [6.07, 6.45) is -0.965. The van der Waals surface area contributed by atoms with E-state index in [1.54, 1.807) is 48.5 Å². The van der Waals surface area contributed by atoms with Crippen LogP contribution in [0.15, 0.2) is 54.6 Å². The maximum absolute atomic E-state index is 12.0. The third-order valence-electron chi connectivity index (χ3n) is 3.07. The van der Waals surface area contributed by atoms with Crippen molar-refractivity contribution in [3.8, 4) is 11.8 Å². The molecule has 24 heavy (non-hydrogen) atoms. The molecular formula is C18H16N2O4. The molecule has 0 saturated carbocycles. The second-order valence-corrected chi connectivity index (χ2v) is 4.88. The first-order chi connectivity index (χ1) is 11.6. The Morgan fingerprint density at radius 2 is 1.79 bits per heavy atom. The fourth-order valence-corrected chi connectivity index (χ4v) is 1.87. The maximum atomic E-state index is 12.0. The molecule has 0 fully saturated rings. The number of anilines is 1. The highest BCUT2D eigenvalue weighted by Gasteiger charge is 2.18. The molecule has 1 N–H and O–H groups in total. The SMILES string of the molecule is C[C@H](OC(=O)COc1ccccc1C#N)C(=O)Nc1ccccc1. The molecule has 0 saturated heterocycles. The van der Waals surface area contributed by atoms with E-state index < -0.39 is 18.0 Å². The third-order valence-corrected chi connectivity index (χ3v) is 3.07. The molecule has 122 valence electrons. The van der Waals surface area contributed by atoms with Gasteiger partial charge in [-0.15, -0.1) is 0 Å². The number of carbonyl (C=O) groups excluding carboxylic acids is 2. The number of para-hydroxylation sites is 2. The number of hydrogen-bond donors (Lipinski definition) is 1. The average molecular weight is 324 g/mol. The van der Waals surface area contributed by atoms with Crippen LogP contribution in [0.3, 0.4) is 0 Å². The standard InChI is InChI=1S/C18H16N2O4/c1-13(18(22)20-15-8-3-2-4-9-15)24-17(21)12-23-16-10-6-5-7-14(16)11-19/h2-10,13H,12H2,1H3,(H,20,22)/t13-/m0/s1. The number of nitrogens with one attached hydrogen (secondary N) is 1. The lowest BCUT2D eigenvalue weighted by Gasteiger charge is -2.14. The van der Waals surface area contributed by atoms with Crippen molar-refractivity contribution < 1.29 is 19.1 Å². The van der Waals surface area contributed by atoms with Gasteiger partial charge in [0.2, 0.25) is 0 Å². The summed E-state index contributed by atoms with van der Waals surface area (Å²) in [6, 6.07) is 17.4. The van der Waals surface area contributed by atoms with Gasteiger partial charge in [0.05, 0.1) is 5.56 Å². The Labute approximate surface area is 139 Å². The lowest BCUT2D eigenvalue weighted by molar-refractivity contribution is -0.155. The maximum Gasteiger partial charge on any atom is 0.344 e. The number of nitriles is 1. The van der Waals surface area contributed by atoms with E-state index in [0.29, 0.717) is 17.0 Å². The highest BCUT2D eigenvalue weighted by atomic mass is 16.6. The first-order valence-electron chi connectivity index (χ1n) is 7.27. The highest BCUT2D eigenvalue weighted by molar-refractivity contribution is 5.95. The van der Waals surface area contributed by atoms with Gasteiger partial charge in [-0.2, -0.15) is 5.26 Å². The number of amides is 1. The quantitative estimate of drug-likeness (QED) is 0.825. The molecule has 0 aromatic heterocycles. The van der Waals surface area contributed by atoms with Crippen LogP contribution >= 0.6 is 0 Å². The number of hydrogen-bond acceptors (Lipinski definition) is 5. The van der Waals surface area contributed by atoms with Crippen molar-refractivity contribution in [2.75, 3.05) is 11.9 Å². The van der Waals surface area contributed by atoms with Crippen molar-refractivity contribution in [1.82, 2.24) is 0 Å². The number of nitrogens with zero attached hydrogens (tertiary/aromatic N) is 1. The minimum atomic E-state index is -0.965. The van der Waals surface area contributed by atoms with Gasteiger partial charge in [-0.05, 0) is 31.2 Å². The topological polar surface area (TPSA) is 88.4 Å². The third kappa shape index (κ3) is 4.85. The van der Waals surface area contributed by atoms with Crippen molar-refractivity contribution in [3.05, 3.63) is 60.2 Å². The van der Waals surface area contributed by atoms with Gasteiger partial charge in [0.1, 0.15) is 11.8 Å². The predicted molar refractivity (Wildman–Crippen MR) is 87.3 cm³/mol. The van der Waals surface area contributed by atoms with Gasteiger partial charge < -0.3 is 14.8 Å². The minimum absolute atomic E-state index is 0.290. The van der Waals surface area contributed by atoms with Gasteiger partial charge in [-0.3, -0.25) is 4.79 Å². The van der Waals surface area contributed by atoms with Gasteiger partial charge in [-0.1, -0.05) is 30.3 Å². The van der Waals surface area contributed by atoms with Crippen LogP contribution in [-0.2, 0) is 14.3 Å². The van der Waals surface area contributed by atoms with Crippen molar-refractivity contribution >= 4 is 17.6 Å². The summed E-state index contributed by atoms with van der Waals surface area (Å²) in [5.74, 6) is -0.844. The molecule has 0 unspecified atom stereocenters. The van der Waals surface area contributed by atoms with Crippen LogP contribution in [0.4, 0.5) is 5.69 Å². The number of carbonyl (C=O) groups is 2. The van der Waals surface area contributed by atoms with Crippen LogP contribution < -0.4 is 10.1 Å². The fourth-order valence-electron chi connectivity index (χ4n) is 1.87. The van der Waals surface area contributed by atoms with Crippen LogP contribution in [0.5, 0.6) is 5.75 Å². The van der Waals surface area contributed by atoms with Crippen LogP contribution in [0.2, 0.25) is 0 Å².